The molecule has 0 radical (unpaired) electrons. The Morgan fingerprint density at radius 1 is 1.14 bits per heavy atom. The summed E-state index contributed by atoms with van der Waals surface area (Å²) in [6.45, 7) is 0. The quantitative estimate of drug-likeness (QED) is 0.644. The highest BCUT2D eigenvalue weighted by Crippen LogP contribution is 2.33. The summed E-state index contributed by atoms with van der Waals surface area (Å²) >= 11 is 0. The minimum Gasteiger partial charge on any atom is -0.508 e. The van der Waals surface area contributed by atoms with Gasteiger partial charge in [-0.25, -0.2) is 4.79 Å². The van der Waals surface area contributed by atoms with Crippen LogP contribution in [0.2, 0.25) is 0 Å². The molecular formula is C15H17N3O3. The molecule has 110 valence electrons. The number of urea groups is 1. The van der Waals surface area contributed by atoms with Crippen LogP contribution in [0, 0.1) is 0 Å². The van der Waals surface area contributed by atoms with Crippen LogP contribution >= 0.6 is 0 Å². The number of carbonyl (C=O) groups excluding carboxylic acids is 2. The van der Waals surface area contributed by atoms with Crippen LogP contribution in [0.25, 0.3) is 0 Å². The maximum Gasteiger partial charge on any atom is 0.346 e. The molecule has 2 fully saturated rings. The Bertz CT molecular complexity index is 589. The first-order valence-corrected chi connectivity index (χ1v) is 7.10. The first-order chi connectivity index (χ1) is 10.1. The minimum atomic E-state index is -0.748. The molecule has 6 heteroatoms. The van der Waals surface area contributed by atoms with Crippen LogP contribution in [0.15, 0.2) is 29.4 Å². The third kappa shape index (κ3) is 2.49. The van der Waals surface area contributed by atoms with E-state index in [2.05, 4.69) is 10.4 Å². The van der Waals surface area contributed by atoms with E-state index in [4.69, 9.17) is 0 Å². The molecule has 2 N–H and O–H groups in total. The molecule has 1 aromatic rings. The summed E-state index contributed by atoms with van der Waals surface area (Å²) in [5.41, 5.74) is -0.0419. The van der Waals surface area contributed by atoms with Gasteiger partial charge in [-0.15, -0.1) is 5.01 Å². The van der Waals surface area contributed by atoms with E-state index in [1.165, 1.54) is 18.3 Å². The van der Waals surface area contributed by atoms with E-state index in [0.717, 1.165) is 24.3 Å². The number of phenolic OH excluding ortho intramolecular Hbond substituents is 1. The average molecular weight is 287 g/mol. The zero-order valence-electron chi connectivity index (χ0n) is 11.6. The lowest BCUT2D eigenvalue weighted by molar-refractivity contribution is -0.132. The van der Waals surface area contributed by atoms with Gasteiger partial charge in [-0.3, -0.25) is 4.79 Å². The minimum absolute atomic E-state index is 0.156. The van der Waals surface area contributed by atoms with Gasteiger partial charge < -0.3 is 10.4 Å². The van der Waals surface area contributed by atoms with Gasteiger partial charge in [-0.1, -0.05) is 19.3 Å². The van der Waals surface area contributed by atoms with Crippen molar-refractivity contribution in [2.24, 2.45) is 5.10 Å². The van der Waals surface area contributed by atoms with E-state index in [-0.39, 0.29) is 11.7 Å². The van der Waals surface area contributed by atoms with Crippen molar-refractivity contribution in [1.82, 2.24) is 10.3 Å². The third-order valence-electron chi connectivity index (χ3n) is 4.06. The summed E-state index contributed by atoms with van der Waals surface area (Å²) in [5, 5.41) is 16.9. The molecule has 1 spiro atoms. The number of hydrogen-bond donors (Lipinski definition) is 2. The van der Waals surface area contributed by atoms with Gasteiger partial charge in [0.1, 0.15) is 11.3 Å². The van der Waals surface area contributed by atoms with Crippen molar-refractivity contribution in [3.63, 3.8) is 0 Å². The van der Waals surface area contributed by atoms with Crippen molar-refractivity contribution in [3.8, 4) is 5.75 Å². The summed E-state index contributed by atoms with van der Waals surface area (Å²) in [4.78, 5) is 24.4. The second kappa shape index (κ2) is 5.20. The molecule has 21 heavy (non-hydrogen) atoms. The van der Waals surface area contributed by atoms with Crippen molar-refractivity contribution in [1.29, 1.82) is 0 Å². The molecule has 1 aliphatic carbocycles. The average Bonchev–Trinajstić information content (AvgIpc) is 2.71. The van der Waals surface area contributed by atoms with Gasteiger partial charge in [-0.05, 0) is 42.7 Å². The van der Waals surface area contributed by atoms with E-state index in [1.807, 2.05) is 0 Å². The number of imide groups is 1. The maximum atomic E-state index is 12.5. The lowest BCUT2D eigenvalue weighted by Crippen LogP contribution is -2.48. The maximum absolute atomic E-state index is 12.5. The Balaban J connectivity index is 1.77. The van der Waals surface area contributed by atoms with Gasteiger partial charge in [0.2, 0.25) is 0 Å². The Labute approximate surface area is 122 Å². The Morgan fingerprint density at radius 2 is 1.81 bits per heavy atom. The molecule has 1 saturated carbocycles. The number of aromatic hydroxyl groups is 1. The van der Waals surface area contributed by atoms with Crippen molar-refractivity contribution >= 4 is 18.2 Å². The topological polar surface area (TPSA) is 82.0 Å². The number of nitrogens with zero attached hydrogens (tertiary/aromatic N) is 2. The van der Waals surface area contributed by atoms with Crippen LogP contribution < -0.4 is 5.32 Å². The van der Waals surface area contributed by atoms with Crippen molar-refractivity contribution in [3.05, 3.63) is 29.8 Å². The van der Waals surface area contributed by atoms with Gasteiger partial charge in [-0.2, -0.15) is 5.10 Å². The van der Waals surface area contributed by atoms with E-state index in [1.54, 1.807) is 12.1 Å². The molecule has 6 nitrogen and oxygen atoms in total. The van der Waals surface area contributed by atoms with Crippen LogP contribution in [-0.4, -0.2) is 33.8 Å². The highest BCUT2D eigenvalue weighted by atomic mass is 16.3. The summed E-state index contributed by atoms with van der Waals surface area (Å²) in [6, 6.07) is 5.91. The van der Waals surface area contributed by atoms with Gasteiger partial charge in [0.25, 0.3) is 5.91 Å². The standard InChI is InChI=1S/C15H17N3O3/c19-12-6-4-11(5-7-12)10-16-18-13(20)15(17-14(18)21)8-2-1-3-9-15/h4-7,10,19H,1-3,8-9H2,(H,17,21)/b16-10+. The second-order valence-electron chi connectivity index (χ2n) is 5.53. The summed E-state index contributed by atoms with van der Waals surface area (Å²) in [5.74, 6) is -0.106. The van der Waals surface area contributed by atoms with Crippen LogP contribution in [0.4, 0.5) is 4.79 Å². The van der Waals surface area contributed by atoms with Crippen molar-refractivity contribution in [2.75, 3.05) is 0 Å². The SMILES string of the molecule is O=C1NC2(CCCCC2)C(=O)N1/N=C/c1ccc(O)cc1. The molecule has 2 aliphatic rings. The van der Waals surface area contributed by atoms with Gasteiger partial charge in [0, 0.05) is 0 Å². The van der Waals surface area contributed by atoms with Crippen LogP contribution in [0.1, 0.15) is 37.7 Å². The smallest absolute Gasteiger partial charge is 0.346 e. The van der Waals surface area contributed by atoms with Crippen molar-refractivity contribution < 1.29 is 14.7 Å². The van der Waals surface area contributed by atoms with E-state index in [9.17, 15) is 14.7 Å². The molecule has 0 atom stereocenters. The Kier molecular flexibility index (Phi) is 3.37. The molecule has 1 heterocycles. The normalized spacial score (nSPS) is 21.2. The molecule has 1 aromatic carbocycles. The molecule has 3 rings (SSSR count). The fourth-order valence-corrected chi connectivity index (χ4v) is 2.89. The van der Waals surface area contributed by atoms with Gasteiger partial charge in [0.15, 0.2) is 0 Å². The van der Waals surface area contributed by atoms with E-state index >= 15 is 0 Å². The lowest BCUT2D eigenvalue weighted by Gasteiger charge is -2.29. The number of amides is 3. The molecule has 0 bridgehead atoms. The first kappa shape index (κ1) is 13.6. The predicted octanol–water partition coefficient (Wildman–Crippen LogP) is 1.98. The Morgan fingerprint density at radius 3 is 2.48 bits per heavy atom. The van der Waals surface area contributed by atoms with E-state index < -0.39 is 11.6 Å². The number of rotatable bonds is 2. The number of phenols is 1. The largest absolute Gasteiger partial charge is 0.508 e. The number of carbonyl (C=O) groups is 2. The molecule has 1 aliphatic heterocycles. The summed E-state index contributed by atoms with van der Waals surface area (Å²) in [6.07, 6.45) is 5.80. The number of hydrogen-bond acceptors (Lipinski definition) is 4. The lowest BCUT2D eigenvalue weighted by atomic mass is 9.82. The van der Waals surface area contributed by atoms with E-state index in [0.29, 0.717) is 18.4 Å². The van der Waals surface area contributed by atoms with Gasteiger partial charge >= 0.3 is 6.03 Å². The highest BCUT2D eigenvalue weighted by Gasteiger charge is 2.51. The fraction of sp³-hybridized carbons (Fsp3) is 0.400. The first-order valence-electron chi connectivity index (χ1n) is 7.10. The molecule has 0 unspecified atom stereocenters. The zero-order valence-corrected chi connectivity index (χ0v) is 11.6. The molecule has 0 aromatic heterocycles. The van der Waals surface area contributed by atoms with Crippen LogP contribution in [0.5, 0.6) is 5.75 Å². The predicted molar refractivity (Wildman–Crippen MR) is 76.9 cm³/mol. The Hall–Kier alpha value is -2.37. The third-order valence-corrected chi connectivity index (χ3v) is 4.06. The number of benzene rings is 1. The highest BCUT2D eigenvalue weighted by molar-refractivity contribution is 6.07. The number of hydrazone groups is 1. The molecular weight excluding hydrogens is 270 g/mol. The van der Waals surface area contributed by atoms with Crippen LogP contribution in [-0.2, 0) is 4.79 Å². The monoisotopic (exact) mass is 287 g/mol. The fourth-order valence-electron chi connectivity index (χ4n) is 2.89. The summed E-state index contributed by atoms with van der Waals surface area (Å²) in [7, 11) is 0. The van der Waals surface area contributed by atoms with Gasteiger partial charge in [0.05, 0.1) is 6.21 Å². The summed E-state index contributed by atoms with van der Waals surface area (Å²) < 4.78 is 0. The molecule has 3 amide bonds. The van der Waals surface area contributed by atoms with Crippen LogP contribution in [0.3, 0.4) is 0 Å². The van der Waals surface area contributed by atoms with Crippen molar-refractivity contribution in [2.45, 2.75) is 37.6 Å². The molecule has 1 saturated heterocycles. The zero-order chi connectivity index (χ0) is 14.9. The number of nitrogens with one attached hydrogen (secondary N) is 1. The second-order valence-corrected chi connectivity index (χ2v) is 5.53.